The average molecular weight is 387 g/mol. The van der Waals surface area contributed by atoms with Gasteiger partial charge in [0.25, 0.3) is 5.90 Å². The van der Waals surface area contributed by atoms with Gasteiger partial charge in [0.2, 0.25) is 0 Å². The molecule has 0 radical (unpaired) electrons. The highest BCUT2D eigenvalue weighted by atomic mass is 79.9. The monoisotopic (exact) mass is 385 g/mol. The molecule has 0 saturated carbocycles. The van der Waals surface area contributed by atoms with E-state index < -0.39 is 5.97 Å². The molecule has 4 nitrogen and oxygen atoms in total. The molecule has 1 aliphatic heterocycles. The van der Waals surface area contributed by atoms with Crippen molar-refractivity contribution in [3.05, 3.63) is 62.1 Å². The number of benzene rings is 1. The molecule has 106 valence electrons. The molecule has 0 bridgehead atoms. The molecule has 2 heterocycles. The van der Waals surface area contributed by atoms with Crippen LogP contribution in [0.4, 0.5) is 0 Å². The third-order valence-corrected chi connectivity index (χ3v) is 3.65. The van der Waals surface area contributed by atoms with Crippen LogP contribution in [0.3, 0.4) is 0 Å². The van der Waals surface area contributed by atoms with Gasteiger partial charge < -0.3 is 9.15 Å². The summed E-state index contributed by atoms with van der Waals surface area (Å²) in [6, 6.07) is 8.29. The molecule has 0 unspecified atom stereocenters. The van der Waals surface area contributed by atoms with Crippen molar-refractivity contribution in [3.63, 3.8) is 0 Å². The summed E-state index contributed by atoms with van der Waals surface area (Å²) in [5.41, 5.74) is 0.764. The summed E-state index contributed by atoms with van der Waals surface area (Å²) < 4.78 is 10.9. The molecule has 0 spiro atoms. The third-order valence-electron chi connectivity index (χ3n) is 2.66. The van der Waals surface area contributed by atoms with E-state index in [-0.39, 0.29) is 11.6 Å². The van der Waals surface area contributed by atoms with Crippen LogP contribution in [-0.4, -0.2) is 11.9 Å². The quantitative estimate of drug-likeness (QED) is 0.555. The van der Waals surface area contributed by atoms with E-state index in [0.717, 1.165) is 0 Å². The van der Waals surface area contributed by atoms with Gasteiger partial charge in [0.15, 0.2) is 16.1 Å². The predicted molar refractivity (Wildman–Crippen MR) is 83.5 cm³/mol. The molecule has 0 aliphatic carbocycles. The second-order valence-electron chi connectivity index (χ2n) is 4.11. The Bertz CT molecular complexity index is 795. The maximum Gasteiger partial charge on any atom is 0.363 e. The number of carbonyl (C=O) groups is 1. The van der Waals surface area contributed by atoms with Crippen molar-refractivity contribution >= 4 is 57.1 Å². The Balaban J connectivity index is 1.96. The van der Waals surface area contributed by atoms with Crippen LogP contribution >= 0.6 is 39.1 Å². The third kappa shape index (κ3) is 3.05. The molecule has 21 heavy (non-hydrogen) atoms. The number of ether oxygens (including phenoxy) is 1. The normalized spacial score (nSPS) is 16.2. The van der Waals surface area contributed by atoms with Crippen molar-refractivity contribution in [1.29, 1.82) is 0 Å². The summed E-state index contributed by atoms with van der Waals surface area (Å²) in [4.78, 5) is 15.9. The van der Waals surface area contributed by atoms with Crippen molar-refractivity contribution in [2.24, 2.45) is 4.99 Å². The van der Waals surface area contributed by atoms with E-state index in [1.807, 2.05) is 0 Å². The molecule has 0 atom stereocenters. The summed E-state index contributed by atoms with van der Waals surface area (Å²) >= 11 is 15.1. The number of halogens is 3. The molecule has 0 N–H and O–H groups in total. The Morgan fingerprint density at radius 3 is 2.67 bits per heavy atom. The Labute approximate surface area is 138 Å². The molecule has 7 heteroatoms. The van der Waals surface area contributed by atoms with Gasteiger partial charge in [-0.1, -0.05) is 29.3 Å². The molecule has 1 aromatic heterocycles. The van der Waals surface area contributed by atoms with Crippen LogP contribution in [0.5, 0.6) is 0 Å². The zero-order valence-electron chi connectivity index (χ0n) is 10.3. The highest BCUT2D eigenvalue weighted by molar-refractivity contribution is 9.10. The van der Waals surface area contributed by atoms with Gasteiger partial charge >= 0.3 is 5.97 Å². The van der Waals surface area contributed by atoms with Crippen molar-refractivity contribution in [3.8, 4) is 0 Å². The van der Waals surface area contributed by atoms with E-state index in [1.54, 1.807) is 30.3 Å². The maximum atomic E-state index is 11.8. The van der Waals surface area contributed by atoms with E-state index >= 15 is 0 Å². The van der Waals surface area contributed by atoms with Gasteiger partial charge in [0.1, 0.15) is 0 Å². The number of rotatable bonds is 2. The van der Waals surface area contributed by atoms with E-state index in [1.165, 1.54) is 6.08 Å². The van der Waals surface area contributed by atoms with Crippen LogP contribution in [0.1, 0.15) is 11.3 Å². The van der Waals surface area contributed by atoms with E-state index in [4.69, 9.17) is 32.4 Å². The lowest BCUT2D eigenvalue weighted by atomic mass is 10.2. The van der Waals surface area contributed by atoms with Gasteiger partial charge in [0, 0.05) is 10.0 Å². The first-order valence-corrected chi connectivity index (χ1v) is 7.31. The lowest BCUT2D eigenvalue weighted by molar-refractivity contribution is -0.130. The minimum absolute atomic E-state index is 0.113. The molecule has 3 rings (SSSR count). The van der Waals surface area contributed by atoms with Crippen LogP contribution in [0, 0.1) is 0 Å². The summed E-state index contributed by atoms with van der Waals surface area (Å²) in [7, 11) is 0. The first-order valence-electron chi connectivity index (χ1n) is 5.76. The summed E-state index contributed by atoms with van der Waals surface area (Å²) in [5.74, 6) is -0.0913. The first-order chi connectivity index (χ1) is 10.0. The second-order valence-corrected chi connectivity index (χ2v) is 5.73. The van der Waals surface area contributed by atoms with Crippen molar-refractivity contribution in [1.82, 2.24) is 0 Å². The van der Waals surface area contributed by atoms with Crippen molar-refractivity contribution < 1.29 is 13.9 Å². The largest absolute Gasteiger partial charge is 0.444 e. The lowest BCUT2D eigenvalue weighted by Crippen LogP contribution is -2.04. The Morgan fingerprint density at radius 1 is 1.19 bits per heavy atom. The number of esters is 1. The number of furan rings is 1. The molecule has 0 fully saturated rings. The molecule has 1 aliphatic rings. The fraction of sp³-hybridized carbons (Fsp3) is 0. The summed E-state index contributed by atoms with van der Waals surface area (Å²) in [5, 5.41) is 0.938. The van der Waals surface area contributed by atoms with Gasteiger partial charge in [-0.25, -0.2) is 9.79 Å². The van der Waals surface area contributed by atoms with Crippen molar-refractivity contribution in [2.75, 3.05) is 0 Å². The standard InChI is InChI=1S/C14H6BrCl2NO3/c15-12-4-3-11(20-12)13-18-10(14(19)21-13)5-7-1-2-8(16)6-9(7)17/h1-6H/b10-5+. The predicted octanol–water partition coefficient (Wildman–Crippen LogP) is 4.69. The lowest BCUT2D eigenvalue weighted by Gasteiger charge is -1.98. The molecular weight excluding hydrogens is 381 g/mol. The van der Waals surface area contributed by atoms with Crippen LogP contribution in [0.2, 0.25) is 10.0 Å². The van der Waals surface area contributed by atoms with Gasteiger partial charge in [-0.3, -0.25) is 0 Å². The number of aliphatic imine (C=N–C) groups is 1. The molecule has 0 saturated heterocycles. The number of hydrogen-bond donors (Lipinski definition) is 0. The van der Waals surface area contributed by atoms with Gasteiger partial charge in [-0.15, -0.1) is 0 Å². The molecular formula is C14H6BrCl2NO3. The van der Waals surface area contributed by atoms with E-state index in [0.29, 0.717) is 26.0 Å². The number of cyclic esters (lactones) is 1. The summed E-state index contributed by atoms with van der Waals surface area (Å²) in [6.45, 7) is 0. The van der Waals surface area contributed by atoms with Crippen LogP contribution < -0.4 is 0 Å². The fourth-order valence-electron chi connectivity index (χ4n) is 1.71. The average Bonchev–Trinajstić information content (AvgIpc) is 3.00. The number of nitrogens with zero attached hydrogens (tertiary/aromatic N) is 1. The minimum atomic E-state index is -0.566. The second kappa shape index (κ2) is 5.67. The van der Waals surface area contributed by atoms with Crippen LogP contribution in [0.25, 0.3) is 6.08 Å². The Kier molecular flexibility index (Phi) is 3.89. The van der Waals surface area contributed by atoms with Gasteiger partial charge in [0.05, 0.1) is 0 Å². The Hall–Kier alpha value is -1.56. The smallest absolute Gasteiger partial charge is 0.363 e. The molecule has 2 aromatic rings. The molecule has 1 aromatic carbocycles. The number of carbonyl (C=O) groups excluding carboxylic acids is 1. The SMILES string of the molecule is O=C1OC(c2ccc(Br)o2)=N/C1=C/c1ccc(Cl)cc1Cl. The fourth-order valence-corrected chi connectivity index (χ4v) is 2.48. The topological polar surface area (TPSA) is 51.8 Å². The van der Waals surface area contributed by atoms with E-state index in [2.05, 4.69) is 20.9 Å². The number of hydrogen-bond acceptors (Lipinski definition) is 4. The Morgan fingerprint density at radius 2 is 2.00 bits per heavy atom. The maximum absolute atomic E-state index is 11.8. The van der Waals surface area contributed by atoms with E-state index in [9.17, 15) is 4.79 Å². The zero-order chi connectivity index (χ0) is 15.0. The van der Waals surface area contributed by atoms with Crippen molar-refractivity contribution in [2.45, 2.75) is 0 Å². The van der Waals surface area contributed by atoms with Gasteiger partial charge in [-0.05, 0) is 51.8 Å². The first kappa shape index (κ1) is 14.4. The zero-order valence-corrected chi connectivity index (χ0v) is 13.4. The molecule has 0 amide bonds. The summed E-state index contributed by atoms with van der Waals surface area (Å²) in [6.07, 6.45) is 1.53. The van der Waals surface area contributed by atoms with Crippen LogP contribution in [-0.2, 0) is 9.53 Å². The highest BCUT2D eigenvalue weighted by Gasteiger charge is 2.26. The minimum Gasteiger partial charge on any atom is -0.444 e. The van der Waals surface area contributed by atoms with Crippen LogP contribution in [0.15, 0.2) is 50.1 Å². The highest BCUT2D eigenvalue weighted by Crippen LogP contribution is 2.26. The van der Waals surface area contributed by atoms with Gasteiger partial charge in [-0.2, -0.15) is 0 Å².